The number of ether oxygens (including phenoxy) is 3. The molecule has 1 amide bonds. The second-order valence-corrected chi connectivity index (χ2v) is 8.97. The number of benzene rings is 2. The number of rotatable bonds is 7. The second-order valence-electron chi connectivity index (χ2n) is 8.04. The van der Waals surface area contributed by atoms with Crippen LogP contribution in [0.25, 0.3) is 6.08 Å². The predicted octanol–water partition coefficient (Wildman–Crippen LogP) is 3.83. The number of methoxy groups -OCH3 is 1. The van der Waals surface area contributed by atoms with Gasteiger partial charge in [0.2, 0.25) is 5.17 Å². The van der Waals surface area contributed by atoms with Gasteiger partial charge in [-0.1, -0.05) is 12.1 Å². The van der Waals surface area contributed by atoms with Gasteiger partial charge in [0.25, 0.3) is 5.91 Å². The Morgan fingerprint density at radius 3 is 2.17 bits per heavy atom. The number of nitrogens with zero attached hydrogens (tertiary/aromatic N) is 4. The topological polar surface area (TPSA) is 99.8 Å². The number of carbonyl (C=O) groups excluding carboxylic acids is 1. The lowest BCUT2D eigenvalue weighted by molar-refractivity contribution is -0.114. The van der Waals surface area contributed by atoms with E-state index in [-0.39, 0.29) is 11.4 Å². The van der Waals surface area contributed by atoms with E-state index in [9.17, 15) is 4.79 Å². The van der Waals surface area contributed by atoms with Crippen LogP contribution in [0.3, 0.4) is 0 Å². The van der Waals surface area contributed by atoms with Crippen LogP contribution in [0.2, 0.25) is 0 Å². The van der Waals surface area contributed by atoms with Gasteiger partial charge in [0, 0.05) is 13.1 Å². The third-order valence-electron chi connectivity index (χ3n) is 5.69. The highest BCUT2D eigenvalue weighted by Crippen LogP contribution is 2.31. The number of thioether (sulfide) groups is 1. The maximum atomic E-state index is 12.6. The number of carbonyl (C=O) groups is 1. The standard InChI is InChI=1S/C25H25N5O4S/c1-32-18-8-10-20(11-9-18)34-15-14-33-19-6-4-17(5-7-19)16-21-22(26)30-24(27-23(21)31)35-25(28-30)29-12-2-3-13-29/h4-11,16,26H,2-3,12-15H2,1H3/b21-16-,26-22?. The van der Waals surface area contributed by atoms with Crippen molar-refractivity contribution in [1.29, 1.82) is 5.41 Å². The van der Waals surface area contributed by atoms with E-state index >= 15 is 0 Å². The molecule has 3 aliphatic rings. The normalized spacial score (nSPS) is 18.5. The molecule has 35 heavy (non-hydrogen) atoms. The molecule has 0 radical (unpaired) electrons. The molecular weight excluding hydrogens is 466 g/mol. The first kappa shape index (κ1) is 23.0. The Hall–Kier alpha value is -3.79. The molecule has 5 rings (SSSR count). The molecule has 0 aromatic heterocycles. The lowest BCUT2D eigenvalue weighted by atomic mass is 10.1. The Morgan fingerprint density at radius 2 is 1.54 bits per heavy atom. The molecule has 1 fully saturated rings. The fourth-order valence-corrected chi connectivity index (χ4v) is 4.78. The molecule has 3 heterocycles. The minimum absolute atomic E-state index is 0.0395. The smallest absolute Gasteiger partial charge is 0.283 e. The van der Waals surface area contributed by atoms with Gasteiger partial charge in [0.05, 0.1) is 12.7 Å². The van der Waals surface area contributed by atoms with Gasteiger partial charge in [-0.05, 0) is 72.6 Å². The van der Waals surface area contributed by atoms with E-state index < -0.39 is 5.91 Å². The summed E-state index contributed by atoms with van der Waals surface area (Å²) in [5.41, 5.74) is 0.983. The predicted molar refractivity (Wildman–Crippen MR) is 136 cm³/mol. The third kappa shape index (κ3) is 5.17. The van der Waals surface area contributed by atoms with Crippen molar-refractivity contribution in [1.82, 2.24) is 9.91 Å². The van der Waals surface area contributed by atoms with Gasteiger partial charge in [-0.2, -0.15) is 10.0 Å². The van der Waals surface area contributed by atoms with Crippen LogP contribution in [0.15, 0.2) is 64.2 Å². The van der Waals surface area contributed by atoms with Crippen LogP contribution in [0.4, 0.5) is 0 Å². The summed E-state index contributed by atoms with van der Waals surface area (Å²) in [5.74, 6) is 1.82. The highest BCUT2D eigenvalue weighted by atomic mass is 32.2. The van der Waals surface area contributed by atoms with Crippen LogP contribution in [0.1, 0.15) is 18.4 Å². The molecule has 2 aromatic rings. The van der Waals surface area contributed by atoms with E-state index in [0.717, 1.165) is 48.2 Å². The lowest BCUT2D eigenvalue weighted by Gasteiger charge is -2.20. The molecule has 0 unspecified atom stereocenters. The summed E-state index contributed by atoms with van der Waals surface area (Å²) < 4.78 is 16.5. The zero-order valence-corrected chi connectivity index (χ0v) is 20.1. The fourth-order valence-electron chi connectivity index (χ4n) is 3.84. The number of likely N-dealkylation sites (tertiary alicyclic amines) is 1. The number of hydrogen-bond acceptors (Lipinski definition) is 8. The van der Waals surface area contributed by atoms with Gasteiger partial charge in [0.15, 0.2) is 11.0 Å². The molecule has 0 bridgehead atoms. The van der Waals surface area contributed by atoms with E-state index in [1.807, 2.05) is 48.5 Å². The minimum Gasteiger partial charge on any atom is -0.497 e. The van der Waals surface area contributed by atoms with Crippen molar-refractivity contribution in [3.05, 3.63) is 59.7 Å². The lowest BCUT2D eigenvalue weighted by Crippen LogP contribution is -2.35. The first-order chi connectivity index (χ1) is 17.1. The summed E-state index contributed by atoms with van der Waals surface area (Å²) in [5, 5.41) is 15.8. The summed E-state index contributed by atoms with van der Waals surface area (Å²) >= 11 is 1.35. The van der Waals surface area contributed by atoms with Gasteiger partial charge in [-0.15, -0.1) is 5.10 Å². The van der Waals surface area contributed by atoms with Crippen molar-refractivity contribution < 1.29 is 19.0 Å². The number of amidine groups is 3. The molecule has 180 valence electrons. The van der Waals surface area contributed by atoms with Crippen molar-refractivity contribution >= 4 is 39.9 Å². The van der Waals surface area contributed by atoms with Gasteiger partial charge in [0.1, 0.15) is 30.5 Å². The van der Waals surface area contributed by atoms with E-state index in [0.29, 0.717) is 24.1 Å². The third-order valence-corrected chi connectivity index (χ3v) is 6.66. The molecule has 2 aromatic carbocycles. The number of fused-ring (bicyclic) bond motifs is 1. The van der Waals surface area contributed by atoms with Crippen LogP contribution in [0, 0.1) is 5.41 Å². The van der Waals surface area contributed by atoms with Gasteiger partial charge < -0.3 is 19.1 Å². The molecule has 9 nitrogen and oxygen atoms in total. The molecular formula is C25H25N5O4S. The molecule has 1 N–H and O–H groups in total. The van der Waals surface area contributed by atoms with E-state index in [2.05, 4.69) is 15.0 Å². The first-order valence-corrected chi connectivity index (χ1v) is 12.2. The largest absolute Gasteiger partial charge is 0.497 e. The number of hydrazone groups is 1. The molecule has 0 spiro atoms. The maximum Gasteiger partial charge on any atom is 0.283 e. The molecule has 3 aliphatic heterocycles. The maximum absolute atomic E-state index is 12.6. The van der Waals surface area contributed by atoms with E-state index in [4.69, 9.17) is 19.6 Å². The Labute approximate surface area is 207 Å². The van der Waals surface area contributed by atoms with Crippen LogP contribution in [0.5, 0.6) is 17.2 Å². The first-order valence-electron chi connectivity index (χ1n) is 11.4. The van der Waals surface area contributed by atoms with Crippen molar-refractivity contribution in [2.24, 2.45) is 10.1 Å². The summed E-state index contributed by atoms with van der Waals surface area (Å²) in [6, 6.07) is 14.7. The van der Waals surface area contributed by atoms with Crippen molar-refractivity contribution in [2.75, 3.05) is 33.4 Å². The highest BCUT2D eigenvalue weighted by Gasteiger charge is 2.37. The van der Waals surface area contributed by atoms with Gasteiger partial charge >= 0.3 is 0 Å². The molecule has 0 atom stereocenters. The van der Waals surface area contributed by atoms with Crippen molar-refractivity contribution in [2.45, 2.75) is 12.8 Å². The fraction of sp³-hybridized carbons (Fsp3) is 0.280. The number of nitrogens with one attached hydrogen (secondary N) is 1. The SMILES string of the molecule is COc1ccc(OCCOc2ccc(/C=C3/C(=N)N4N=C(N5CCCC5)SC4=NC3=O)cc2)cc1. The number of aliphatic imine (C=N–C) groups is 1. The van der Waals surface area contributed by atoms with E-state index in [1.165, 1.54) is 16.8 Å². The summed E-state index contributed by atoms with van der Waals surface area (Å²) in [6.45, 7) is 2.67. The average Bonchev–Trinajstić information content (AvgIpc) is 3.56. The van der Waals surface area contributed by atoms with Crippen LogP contribution in [-0.4, -0.2) is 65.4 Å². The zero-order chi connectivity index (χ0) is 24.2. The molecule has 10 heteroatoms. The molecule has 1 saturated heterocycles. The Bertz CT molecular complexity index is 1200. The Balaban J connectivity index is 1.17. The quantitative estimate of drug-likeness (QED) is 0.464. The van der Waals surface area contributed by atoms with Crippen LogP contribution in [-0.2, 0) is 4.79 Å². The van der Waals surface area contributed by atoms with Crippen molar-refractivity contribution in [3.63, 3.8) is 0 Å². The zero-order valence-electron chi connectivity index (χ0n) is 19.3. The van der Waals surface area contributed by atoms with Gasteiger partial charge in [-0.25, -0.2) is 0 Å². The Morgan fingerprint density at radius 1 is 0.943 bits per heavy atom. The average molecular weight is 492 g/mol. The van der Waals surface area contributed by atoms with E-state index in [1.54, 1.807) is 13.2 Å². The monoisotopic (exact) mass is 491 g/mol. The highest BCUT2D eigenvalue weighted by molar-refractivity contribution is 8.26. The molecule has 0 saturated carbocycles. The summed E-state index contributed by atoms with van der Waals surface area (Å²) in [6.07, 6.45) is 3.92. The van der Waals surface area contributed by atoms with Crippen molar-refractivity contribution in [3.8, 4) is 17.2 Å². The Kier molecular flexibility index (Phi) is 6.71. The summed E-state index contributed by atoms with van der Waals surface area (Å²) in [4.78, 5) is 19.0. The van der Waals surface area contributed by atoms with Gasteiger partial charge in [-0.3, -0.25) is 10.2 Å². The van der Waals surface area contributed by atoms with Crippen LogP contribution < -0.4 is 14.2 Å². The number of amides is 1. The van der Waals surface area contributed by atoms with Crippen LogP contribution >= 0.6 is 11.8 Å². The summed E-state index contributed by atoms with van der Waals surface area (Å²) in [7, 11) is 1.62. The molecule has 0 aliphatic carbocycles. The second kappa shape index (κ2) is 10.2. The minimum atomic E-state index is -0.428. The number of hydrogen-bond donors (Lipinski definition) is 1.